The normalized spacial score (nSPS) is 12.1. The van der Waals surface area contributed by atoms with Crippen molar-refractivity contribution < 1.29 is 4.79 Å². The number of ketones is 1. The zero-order valence-corrected chi connectivity index (χ0v) is 12.3. The van der Waals surface area contributed by atoms with Crippen LogP contribution in [0.15, 0.2) is 35.5 Å². The van der Waals surface area contributed by atoms with Crippen molar-refractivity contribution in [3.63, 3.8) is 0 Å². The predicted molar refractivity (Wildman–Crippen MR) is 82.0 cm³/mol. The Balaban J connectivity index is 2.13. The number of rotatable bonds is 4. The van der Waals surface area contributed by atoms with Gasteiger partial charge in [-0.3, -0.25) is 4.79 Å². The van der Waals surface area contributed by atoms with Gasteiger partial charge in [0.1, 0.15) is 11.6 Å². The van der Waals surface area contributed by atoms with Crippen molar-refractivity contribution >= 4 is 40.8 Å². The highest BCUT2D eigenvalue weighted by molar-refractivity contribution is 8.00. The summed E-state index contributed by atoms with van der Waals surface area (Å²) >= 11 is 7.01. The predicted octanol–water partition coefficient (Wildman–Crippen LogP) is 2.66. The molecular weight excluding hydrogens is 296 g/mol. The summed E-state index contributed by atoms with van der Waals surface area (Å²) in [6.45, 7) is 1.78. The van der Waals surface area contributed by atoms with Gasteiger partial charge in [0.2, 0.25) is 0 Å². The number of nitrogens with two attached hydrogens (primary N) is 2. The molecular formula is C13H13ClN4OS. The summed E-state index contributed by atoms with van der Waals surface area (Å²) in [5, 5.41) is 0.628. The van der Waals surface area contributed by atoms with Crippen molar-refractivity contribution in [2.24, 2.45) is 0 Å². The van der Waals surface area contributed by atoms with Crippen LogP contribution in [0.3, 0.4) is 0 Å². The molecule has 2 aromatic rings. The Bertz CT molecular complexity index is 613. The van der Waals surface area contributed by atoms with Crippen molar-refractivity contribution in [2.45, 2.75) is 17.3 Å². The van der Waals surface area contributed by atoms with Gasteiger partial charge in [0.25, 0.3) is 0 Å². The molecule has 5 nitrogen and oxygen atoms in total. The van der Waals surface area contributed by atoms with Gasteiger partial charge >= 0.3 is 0 Å². The lowest BCUT2D eigenvalue weighted by atomic mass is 10.1. The average molecular weight is 309 g/mol. The van der Waals surface area contributed by atoms with E-state index in [1.807, 2.05) is 0 Å². The summed E-state index contributed by atoms with van der Waals surface area (Å²) in [7, 11) is 0. The van der Waals surface area contributed by atoms with Crippen LogP contribution in [0, 0.1) is 0 Å². The van der Waals surface area contributed by atoms with Crippen LogP contribution in [0.1, 0.15) is 17.3 Å². The quantitative estimate of drug-likeness (QED) is 0.512. The van der Waals surface area contributed by atoms with E-state index in [4.69, 9.17) is 23.1 Å². The standard InChI is InChI=1S/C13H13ClN4OS/c1-7(12(19)8-2-4-9(14)5-3-8)20-13-17-10(15)6-11(16)18-13/h2-7H,1H3,(H4,15,16,17,18)/t7-/m0/s1. The highest BCUT2D eigenvalue weighted by Crippen LogP contribution is 2.24. The second kappa shape index (κ2) is 6.11. The molecule has 0 unspecified atom stereocenters. The lowest BCUT2D eigenvalue weighted by molar-refractivity contribution is 0.0994. The molecule has 104 valence electrons. The Labute approximate surface area is 125 Å². The molecule has 1 aromatic heterocycles. The third kappa shape index (κ3) is 3.61. The van der Waals surface area contributed by atoms with E-state index in [9.17, 15) is 4.79 Å². The second-order valence-electron chi connectivity index (χ2n) is 4.13. The zero-order chi connectivity index (χ0) is 14.7. The van der Waals surface area contributed by atoms with E-state index in [-0.39, 0.29) is 22.7 Å². The Morgan fingerprint density at radius 2 is 1.75 bits per heavy atom. The molecule has 0 amide bonds. The number of aromatic nitrogens is 2. The van der Waals surface area contributed by atoms with Crippen molar-refractivity contribution in [1.29, 1.82) is 0 Å². The summed E-state index contributed by atoms with van der Waals surface area (Å²) in [5.41, 5.74) is 11.8. The maximum atomic E-state index is 12.2. The fourth-order valence-electron chi connectivity index (χ4n) is 1.58. The molecule has 0 bridgehead atoms. The first-order valence-electron chi connectivity index (χ1n) is 5.82. The topological polar surface area (TPSA) is 94.9 Å². The molecule has 20 heavy (non-hydrogen) atoms. The van der Waals surface area contributed by atoms with Crippen molar-refractivity contribution in [1.82, 2.24) is 9.97 Å². The molecule has 0 saturated heterocycles. The minimum absolute atomic E-state index is 0.0312. The molecule has 0 aliphatic heterocycles. The minimum Gasteiger partial charge on any atom is -0.383 e. The number of carbonyl (C=O) groups excluding carboxylic acids is 1. The van der Waals surface area contributed by atoms with Crippen LogP contribution in [-0.4, -0.2) is 21.0 Å². The molecule has 0 aliphatic rings. The second-order valence-corrected chi connectivity index (χ2v) is 5.88. The number of halogens is 1. The van der Waals surface area contributed by atoms with Crippen molar-refractivity contribution in [3.8, 4) is 0 Å². The number of hydrogen-bond donors (Lipinski definition) is 2. The maximum absolute atomic E-state index is 12.2. The van der Waals surface area contributed by atoms with Crippen LogP contribution in [0.4, 0.5) is 11.6 Å². The van der Waals surface area contributed by atoms with Crippen LogP contribution in [-0.2, 0) is 0 Å². The van der Waals surface area contributed by atoms with Crippen LogP contribution in [0.25, 0.3) is 0 Å². The van der Waals surface area contributed by atoms with Crippen molar-refractivity contribution in [2.75, 3.05) is 11.5 Å². The third-order valence-corrected chi connectivity index (χ3v) is 3.74. The first kappa shape index (κ1) is 14.6. The summed E-state index contributed by atoms with van der Waals surface area (Å²) in [6.07, 6.45) is 0. The molecule has 0 saturated carbocycles. The smallest absolute Gasteiger partial charge is 0.192 e. The summed E-state index contributed by atoms with van der Waals surface area (Å²) < 4.78 is 0. The van der Waals surface area contributed by atoms with Gasteiger partial charge in [0.15, 0.2) is 10.9 Å². The number of carbonyl (C=O) groups is 1. The number of benzene rings is 1. The Kier molecular flexibility index (Phi) is 4.46. The third-order valence-electron chi connectivity index (χ3n) is 2.53. The first-order valence-corrected chi connectivity index (χ1v) is 7.08. The van der Waals surface area contributed by atoms with Gasteiger partial charge in [-0.2, -0.15) is 0 Å². The van der Waals surface area contributed by atoms with E-state index >= 15 is 0 Å². The summed E-state index contributed by atoms with van der Waals surface area (Å²) in [5.74, 6) is 0.536. The lowest BCUT2D eigenvalue weighted by Gasteiger charge is -2.10. The monoisotopic (exact) mass is 308 g/mol. The van der Waals surface area contributed by atoms with Gasteiger partial charge < -0.3 is 11.5 Å². The highest BCUT2D eigenvalue weighted by atomic mass is 35.5. The van der Waals surface area contributed by atoms with E-state index in [2.05, 4.69) is 9.97 Å². The Hall–Kier alpha value is -1.79. The van der Waals surface area contributed by atoms with Crippen LogP contribution < -0.4 is 11.5 Å². The van der Waals surface area contributed by atoms with Gasteiger partial charge in [-0.1, -0.05) is 23.4 Å². The molecule has 1 aromatic carbocycles. The van der Waals surface area contributed by atoms with E-state index in [1.165, 1.54) is 17.8 Å². The number of Topliss-reactive ketones (excluding diaryl/α,β-unsaturated/α-hetero) is 1. The highest BCUT2D eigenvalue weighted by Gasteiger charge is 2.18. The molecule has 4 N–H and O–H groups in total. The van der Waals surface area contributed by atoms with Gasteiger partial charge in [-0.05, 0) is 31.2 Å². The van der Waals surface area contributed by atoms with Crippen molar-refractivity contribution in [3.05, 3.63) is 40.9 Å². The number of thioether (sulfide) groups is 1. The lowest BCUT2D eigenvalue weighted by Crippen LogP contribution is -2.14. The zero-order valence-electron chi connectivity index (χ0n) is 10.7. The Morgan fingerprint density at radius 1 is 1.20 bits per heavy atom. The largest absolute Gasteiger partial charge is 0.383 e. The van der Waals surface area contributed by atoms with E-state index in [1.54, 1.807) is 31.2 Å². The number of anilines is 2. The SMILES string of the molecule is C[C@H](Sc1nc(N)cc(N)n1)C(=O)c1ccc(Cl)cc1. The van der Waals surface area contributed by atoms with Gasteiger partial charge in [-0.15, -0.1) is 0 Å². The fraction of sp³-hybridized carbons (Fsp3) is 0.154. The molecule has 2 rings (SSSR count). The number of hydrogen-bond acceptors (Lipinski definition) is 6. The van der Waals surface area contributed by atoms with Crippen LogP contribution >= 0.6 is 23.4 Å². The fourth-order valence-corrected chi connectivity index (χ4v) is 2.58. The average Bonchev–Trinajstić information content (AvgIpc) is 2.37. The van der Waals surface area contributed by atoms with Gasteiger partial charge in [0, 0.05) is 16.7 Å². The van der Waals surface area contributed by atoms with E-state index in [0.717, 1.165) is 0 Å². The summed E-state index contributed by atoms with van der Waals surface area (Å²) in [6, 6.07) is 8.21. The first-order chi connectivity index (χ1) is 9.45. The molecule has 7 heteroatoms. The molecule has 0 spiro atoms. The van der Waals surface area contributed by atoms with E-state index in [0.29, 0.717) is 15.7 Å². The van der Waals surface area contributed by atoms with Crippen LogP contribution in [0.2, 0.25) is 5.02 Å². The summed E-state index contributed by atoms with van der Waals surface area (Å²) in [4.78, 5) is 20.3. The molecule has 1 atom stereocenters. The molecule has 1 heterocycles. The maximum Gasteiger partial charge on any atom is 0.192 e. The minimum atomic E-state index is -0.350. The molecule has 0 fully saturated rings. The Morgan fingerprint density at radius 3 is 2.30 bits per heavy atom. The van der Waals surface area contributed by atoms with Crippen LogP contribution in [0.5, 0.6) is 0 Å². The number of nitrogens with zero attached hydrogens (tertiary/aromatic N) is 2. The van der Waals surface area contributed by atoms with Gasteiger partial charge in [0.05, 0.1) is 5.25 Å². The molecule has 0 aliphatic carbocycles. The van der Waals surface area contributed by atoms with E-state index < -0.39 is 0 Å². The molecule has 0 radical (unpaired) electrons. The van der Waals surface area contributed by atoms with Gasteiger partial charge in [-0.25, -0.2) is 9.97 Å². The number of nitrogen functional groups attached to an aromatic ring is 2.